The zero-order valence-corrected chi connectivity index (χ0v) is 15.9. The van der Waals surface area contributed by atoms with Gasteiger partial charge in [-0.25, -0.2) is 4.79 Å². The Balaban J connectivity index is 1.92. The van der Waals surface area contributed by atoms with Crippen LogP contribution in [-0.2, 0) is 9.63 Å². The second-order valence-electron chi connectivity index (χ2n) is 4.44. The van der Waals surface area contributed by atoms with Crippen LogP contribution in [0.25, 0.3) is 0 Å². The van der Waals surface area contributed by atoms with Gasteiger partial charge in [-0.2, -0.15) is 0 Å². The van der Waals surface area contributed by atoms with Crippen molar-refractivity contribution in [3.63, 3.8) is 0 Å². The number of rotatable bonds is 5. The average Bonchev–Trinajstić information content (AvgIpc) is 2.97. The van der Waals surface area contributed by atoms with E-state index in [1.807, 2.05) is 36.6 Å². The molecule has 7 heteroatoms. The third-order valence-electron chi connectivity index (χ3n) is 2.69. The fourth-order valence-corrected chi connectivity index (χ4v) is 3.90. The number of carbonyl (C=O) groups excluding carboxylic acids is 1. The van der Waals surface area contributed by atoms with Crippen LogP contribution in [0.2, 0.25) is 0 Å². The smallest absolute Gasteiger partial charge is 0.372 e. The molecule has 0 bridgehead atoms. The van der Waals surface area contributed by atoms with Gasteiger partial charge in [0.1, 0.15) is 5.75 Å². The van der Waals surface area contributed by atoms with Crippen LogP contribution in [-0.4, -0.2) is 18.3 Å². The first kappa shape index (κ1) is 17.2. The van der Waals surface area contributed by atoms with Crippen molar-refractivity contribution in [3.8, 4) is 5.75 Å². The van der Waals surface area contributed by atoms with Crippen LogP contribution in [0.3, 0.4) is 0 Å². The van der Waals surface area contributed by atoms with Crippen molar-refractivity contribution < 1.29 is 14.4 Å². The maximum absolute atomic E-state index is 11.7. The number of carbonyl (C=O) groups is 1. The third-order valence-corrected chi connectivity index (χ3v) is 4.72. The van der Waals surface area contributed by atoms with Crippen LogP contribution in [0.5, 0.6) is 5.75 Å². The molecule has 0 aliphatic rings. The highest BCUT2D eigenvalue weighted by molar-refractivity contribution is 9.11. The summed E-state index contributed by atoms with van der Waals surface area (Å²) in [6, 6.07) is 7.59. The molecule has 2 aromatic rings. The zero-order chi connectivity index (χ0) is 16.1. The lowest BCUT2D eigenvalue weighted by Gasteiger charge is -2.10. The number of benzene rings is 1. The Morgan fingerprint density at radius 2 is 2.14 bits per heavy atom. The van der Waals surface area contributed by atoms with Crippen LogP contribution < -0.4 is 4.74 Å². The van der Waals surface area contributed by atoms with Gasteiger partial charge >= 0.3 is 5.97 Å². The first-order chi connectivity index (χ1) is 10.5. The molecule has 2 rings (SSSR count). The second kappa shape index (κ2) is 7.89. The standard InChI is InChI=1S/C15H13Br2NO3S/c1-9-6-11(16)7-12(17)15(9)20-8-14(19)21-18-10(2)13-4-3-5-22-13/h3-7H,8H2,1-2H3. The second-order valence-corrected chi connectivity index (χ2v) is 7.16. The van der Waals surface area contributed by atoms with Gasteiger partial charge in [0.25, 0.3) is 0 Å². The Labute approximate surface area is 149 Å². The molecule has 0 aliphatic carbocycles. The van der Waals surface area contributed by atoms with Gasteiger partial charge in [0, 0.05) is 4.47 Å². The van der Waals surface area contributed by atoms with Gasteiger partial charge < -0.3 is 9.57 Å². The van der Waals surface area contributed by atoms with E-state index in [0.29, 0.717) is 11.5 Å². The van der Waals surface area contributed by atoms with E-state index in [-0.39, 0.29) is 6.61 Å². The Bertz CT molecular complexity index is 676. The predicted octanol–water partition coefficient (Wildman–Crippen LogP) is 4.93. The van der Waals surface area contributed by atoms with Gasteiger partial charge in [-0.15, -0.1) is 11.3 Å². The molecule has 22 heavy (non-hydrogen) atoms. The maximum atomic E-state index is 11.7. The molecule has 1 aromatic carbocycles. The van der Waals surface area contributed by atoms with Crippen molar-refractivity contribution in [1.29, 1.82) is 0 Å². The molecule has 116 valence electrons. The summed E-state index contributed by atoms with van der Waals surface area (Å²) in [5.74, 6) is 0.0595. The highest BCUT2D eigenvalue weighted by Gasteiger charge is 2.11. The van der Waals surface area contributed by atoms with Crippen molar-refractivity contribution in [1.82, 2.24) is 0 Å². The summed E-state index contributed by atoms with van der Waals surface area (Å²) in [6.07, 6.45) is 0. The minimum absolute atomic E-state index is 0.206. The molecule has 0 saturated carbocycles. The number of hydrogen-bond acceptors (Lipinski definition) is 5. The van der Waals surface area contributed by atoms with E-state index in [4.69, 9.17) is 9.57 Å². The highest BCUT2D eigenvalue weighted by Crippen LogP contribution is 2.32. The van der Waals surface area contributed by atoms with E-state index >= 15 is 0 Å². The summed E-state index contributed by atoms with van der Waals surface area (Å²) in [7, 11) is 0. The van der Waals surface area contributed by atoms with Crippen LogP contribution in [0, 0.1) is 6.92 Å². The van der Waals surface area contributed by atoms with Crippen molar-refractivity contribution in [2.24, 2.45) is 5.16 Å². The first-order valence-electron chi connectivity index (χ1n) is 6.34. The predicted molar refractivity (Wildman–Crippen MR) is 94.7 cm³/mol. The quantitative estimate of drug-likeness (QED) is 0.371. The lowest BCUT2D eigenvalue weighted by Crippen LogP contribution is -2.14. The van der Waals surface area contributed by atoms with E-state index in [1.54, 1.807) is 6.92 Å². The first-order valence-corrected chi connectivity index (χ1v) is 8.80. The van der Waals surface area contributed by atoms with Gasteiger partial charge in [-0.1, -0.05) is 27.2 Å². The topological polar surface area (TPSA) is 47.9 Å². The summed E-state index contributed by atoms with van der Waals surface area (Å²) in [5, 5.41) is 5.75. The maximum Gasteiger partial charge on any atom is 0.372 e. The Hall–Kier alpha value is -1.18. The summed E-state index contributed by atoms with van der Waals surface area (Å²) >= 11 is 8.33. The minimum atomic E-state index is -0.551. The number of aryl methyl sites for hydroxylation is 1. The number of nitrogens with zero attached hydrogens (tertiary/aromatic N) is 1. The van der Waals surface area contributed by atoms with Gasteiger partial charge in [0.2, 0.25) is 0 Å². The Morgan fingerprint density at radius 1 is 1.36 bits per heavy atom. The Morgan fingerprint density at radius 3 is 2.77 bits per heavy atom. The number of halogens is 2. The third kappa shape index (κ3) is 4.66. The van der Waals surface area contributed by atoms with E-state index in [2.05, 4.69) is 37.0 Å². The van der Waals surface area contributed by atoms with Crippen molar-refractivity contribution in [2.45, 2.75) is 13.8 Å². The van der Waals surface area contributed by atoms with Gasteiger partial charge in [0.15, 0.2) is 6.61 Å². The summed E-state index contributed by atoms with van der Waals surface area (Å²) in [4.78, 5) is 17.5. The summed E-state index contributed by atoms with van der Waals surface area (Å²) in [6.45, 7) is 3.48. The molecule has 1 aromatic heterocycles. The molecule has 0 unspecified atom stereocenters. The molecule has 1 heterocycles. The van der Waals surface area contributed by atoms with Crippen LogP contribution in [0.15, 0.2) is 43.7 Å². The van der Waals surface area contributed by atoms with Crippen molar-refractivity contribution in [2.75, 3.05) is 6.61 Å². The van der Waals surface area contributed by atoms with E-state index in [9.17, 15) is 4.79 Å². The van der Waals surface area contributed by atoms with Crippen LogP contribution in [0.4, 0.5) is 0 Å². The molecule has 4 nitrogen and oxygen atoms in total. The molecular formula is C15H13Br2NO3S. The average molecular weight is 447 g/mol. The molecule has 0 saturated heterocycles. The van der Waals surface area contributed by atoms with Gasteiger partial charge in [0.05, 0.1) is 15.1 Å². The lowest BCUT2D eigenvalue weighted by atomic mass is 10.2. The molecule has 0 fully saturated rings. The lowest BCUT2D eigenvalue weighted by molar-refractivity contribution is -0.146. The molecule has 0 aliphatic heterocycles. The van der Waals surface area contributed by atoms with Crippen LogP contribution >= 0.6 is 43.2 Å². The van der Waals surface area contributed by atoms with Gasteiger partial charge in [-0.05, 0) is 58.9 Å². The largest absolute Gasteiger partial charge is 0.480 e. The molecule has 0 amide bonds. The summed E-state index contributed by atoms with van der Waals surface area (Å²) < 4.78 is 7.20. The fourth-order valence-electron chi connectivity index (χ4n) is 1.68. The minimum Gasteiger partial charge on any atom is -0.480 e. The van der Waals surface area contributed by atoms with Gasteiger partial charge in [-0.3, -0.25) is 0 Å². The number of thiophene rings is 1. The number of hydrogen-bond donors (Lipinski definition) is 0. The number of ether oxygens (including phenoxy) is 1. The normalized spacial score (nSPS) is 11.4. The molecular weight excluding hydrogens is 434 g/mol. The fraction of sp³-hybridized carbons (Fsp3) is 0.200. The van der Waals surface area contributed by atoms with E-state index < -0.39 is 5.97 Å². The summed E-state index contributed by atoms with van der Waals surface area (Å²) in [5.41, 5.74) is 1.57. The van der Waals surface area contributed by atoms with Crippen molar-refractivity contribution >= 4 is 54.9 Å². The molecule has 0 spiro atoms. The van der Waals surface area contributed by atoms with E-state index in [1.165, 1.54) is 11.3 Å². The molecule has 0 radical (unpaired) electrons. The highest BCUT2D eigenvalue weighted by atomic mass is 79.9. The van der Waals surface area contributed by atoms with E-state index in [0.717, 1.165) is 19.4 Å². The van der Waals surface area contributed by atoms with Crippen LogP contribution in [0.1, 0.15) is 17.4 Å². The molecule has 0 atom stereocenters. The number of oxime groups is 1. The SMILES string of the molecule is CC(=NOC(=O)COc1c(C)cc(Br)cc1Br)c1cccs1. The monoisotopic (exact) mass is 445 g/mol. The Kier molecular flexibility index (Phi) is 6.16. The van der Waals surface area contributed by atoms with Crippen molar-refractivity contribution in [3.05, 3.63) is 49.0 Å². The zero-order valence-electron chi connectivity index (χ0n) is 11.9. The molecule has 0 N–H and O–H groups in total.